The van der Waals surface area contributed by atoms with E-state index in [1.807, 2.05) is 25.8 Å². The van der Waals surface area contributed by atoms with E-state index in [0.717, 1.165) is 0 Å². The van der Waals surface area contributed by atoms with Gasteiger partial charge in [-0.2, -0.15) is 0 Å². The summed E-state index contributed by atoms with van der Waals surface area (Å²) in [6, 6.07) is 0.397. The monoisotopic (exact) mass is 141 g/mol. The lowest BCUT2D eigenvalue weighted by molar-refractivity contribution is 0.427. The minimum absolute atomic E-state index is 0.397. The smallest absolute Gasteiger partial charge is 0.153 e. The SMILES string of the molecule is C#CC(=S)N(C)C(C)C. The molecule has 0 atom stereocenters. The summed E-state index contributed by atoms with van der Waals surface area (Å²) in [7, 11) is 1.90. The summed E-state index contributed by atoms with van der Waals surface area (Å²) in [4.78, 5) is 2.46. The van der Waals surface area contributed by atoms with Gasteiger partial charge in [-0.15, -0.1) is 6.42 Å². The number of rotatable bonds is 1. The van der Waals surface area contributed by atoms with Crippen LogP contribution < -0.4 is 0 Å². The van der Waals surface area contributed by atoms with E-state index >= 15 is 0 Å². The second kappa shape index (κ2) is 3.47. The first kappa shape index (κ1) is 8.45. The molecule has 0 aromatic rings. The van der Waals surface area contributed by atoms with Gasteiger partial charge in [-0.05, 0) is 19.8 Å². The lowest BCUT2D eigenvalue weighted by Crippen LogP contribution is -2.30. The van der Waals surface area contributed by atoms with Crippen LogP contribution in [0.2, 0.25) is 0 Å². The van der Waals surface area contributed by atoms with Crippen LogP contribution in [0, 0.1) is 12.3 Å². The van der Waals surface area contributed by atoms with Gasteiger partial charge in [0.15, 0.2) is 4.99 Å². The molecule has 0 rings (SSSR count). The molecule has 0 amide bonds. The van der Waals surface area contributed by atoms with Crippen LogP contribution in [0.1, 0.15) is 13.8 Å². The summed E-state index contributed by atoms with van der Waals surface area (Å²) < 4.78 is 0. The van der Waals surface area contributed by atoms with Gasteiger partial charge in [-0.3, -0.25) is 0 Å². The zero-order chi connectivity index (χ0) is 7.44. The van der Waals surface area contributed by atoms with Gasteiger partial charge in [0.25, 0.3) is 0 Å². The number of nitrogens with zero attached hydrogens (tertiary/aromatic N) is 1. The van der Waals surface area contributed by atoms with E-state index in [4.69, 9.17) is 18.6 Å². The number of thiocarbonyl (C=S) groups is 1. The Morgan fingerprint density at radius 1 is 1.67 bits per heavy atom. The van der Waals surface area contributed by atoms with Crippen LogP contribution in [-0.4, -0.2) is 23.0 Å². The third-order valence-corrected chi connectivity index (χ3v) is 1.62. The highest BCUT2D eigenvalue weighted by atomic mass is 32.1. The van der Waals surface area contributed by atoms with Crippen molar-refractivity contribution in [2.75, 3.05) is 7.05 Å². The average Bonchev–Trinajstić information content (AvgIpc) is 1.84. The predicted octanol–water partition coefficient (Wildman–Crippen LogP) is 1.29. The largest absolute Gasteiger partial charge is 0.357 e. The highest BCUT2D eigenvalue weighted by molar-refractivity contribution is 7.80. The van der Waals surface area contributed by atoms with E-state index < -0.39 is 0 Å². The van der Waals surface area contributed by atoms with Crippen molar-refractivity contribution in [2.45, 2.75) is 19.9 Å². The quantitative estimate of drug-likeness (QED) is 0.400. The van der Waals surface area contributed by atoms with Crippen LogP contribution in [-0.2, 0) is 0 Å². The van der Waals surface area contributed by atoms with Crippen molar-refractivity contribution in [3.63, 3.8) is 0 Å². The van der Waals surface area contributed by atoms with Crippen molar-refractivity contribution >= 4 is 17.2 Å². The molecule has 0 radical (unpaired) electrons. The van der Waals surface area contributed by atoms with Gasteiger partial charge in [0, 0.05) is 13.1 Å². The van der Waals surface area contributed by atoms with Gasteiger partial charge in [0.05, 0.1) is 0 Å². The van der Waals surface area contributed by atoms with Crippen molar-refractivity contribution < 1.29 is 0 Å². The molecule has 0 N–H and O–H groups in total. The van der Waals surface area contributed by atoms with Crippen LogP contribution >= 0.6 is 12.2 Å². The maximum Gasteiger partial charge on any atom is 0.153 e. The molecule has 50 valence electrons. The molecule has 0 aliphatic heterocycles. The third-order valence-electron chi connectivity index (χ3n) is 1.22. The molecule has 0 heterocycles. The van der Waals surface area contributed by atoms with Crippen molar-refractivity contribution in [3.05, 3.63) is 0 Å². The maximum absolute atomic E-state index is 5.08. The van der Waals surface area contributed by atoms with Crippen molar-refractivity contribution in [1.29, 1.82) is 0 Å². The molecule has 9 heavy (non-hydrogen) atoms. The molecule has 0 saturated heterocycles. The summed E-state index contributed by atoms with van der Waals surface area (Å²) in [5.41, 5.74) is 0. The van der Waals surface area contributed by atoms with Gasteiger partial charge in [-0.1, -0.05) is 12.2 Å². The Balaban J connectivity index is 3.92. The van der Waals surface area contributed by atoms with Crippen molar-refractivity contribution in [2.24, 2.45) is 0 Å². The first-order valence-corrected chi connectivity index (χ1v) is 3.23. The first-order valence-electron chi connectivity index (χ1n) is 2.83. The van der Waals surface area contributed by atoms with Crippen LogP contribution in [0.3, 0.4) is 0 Å². The Labute approximate surface area is 62.0 Å². The highest BCUT2D eigenvalue weighted by Gasteiger charge is 2.02. The molecule has 0 aliphatic rings. The normalized spacial score (nSPS) is 8.78. The molecule has 0 bridgehead atoms. The lowest BCUT2D eigenvalue weighted by atomic mass is 10.3. The van der Waals surface area contributed by atoms with E-state index in [0.29, 0.717) is 11.0 Å². The molecule has 0 aromatic carbocycles. The summed E-state index contributed by atoms with van der Waals surface area (Å²) in [6.07, 6.45) is 5.08. The number of hydrogen-bond acceptors (Lipinski definition) is 1. The molecular weight excluding hydrogens is 130 g/mol. The average molecular weight is 141 g/mol. The van der Waals surface area contributed by atoms with Gasteiger partial charge in [0.1, 0.15) is 0 Å². The molecule has 0 saturated carbocycles. The molecule has 0 aliphatic carbocycles. The third kappa shape index (κ3) is 2.48. The predicted molar refractivity (Wildman–Crippen MR) is 44.3 cm³/mol. The van der Waals surface area contributed by atoms with Crippen LogP contribution in [0.25, 0.3) is 0 Å². The fraction of sp³-hybridized carbons (Fsp3) is 0.571. The Hall–Kier alpha value is -0.550. The van der Waals surface area contributed by atoms with E-state index in [1.165, 1.54) is 0 Å². The first-order chi connectivity index (χ1) is 4.09. The summed E-state index contributed by atoms with van der Waals surface area (Å²) in [6.45, 7) is 4.09. The van der Waals surface area contributed by atoms with Crippen LogP contribution in [0.4, 0.5) is 0 Å². The second-order valence-electron chi connectivity index (χ2n) is 2.15. The summed E-state index contributed by atoms with van der Waals surface area (Å²) >= 11 is 4.84. The molecule has 1 nitrogen and oxygen atoms in total. The van der Waals surface area contributed by atoms with Crippen LogP contribution in [0.15, 0.2) is 0 Å². The van der Waals surface area contributed by atoms with Gasteiger partial charge in [0.2, 0.25) is 0 Å². The summed E-state index contributed by atoms with van der Waals surface area (Å²) in [5.74, 6) is 2.40. The highest BCUT2D eigenvalue weighted by Crippen LogP contribution is 1.94. The minimum Gasteiger partial charge on any atom is -0.357 e. The van der Waals surface area contributed by atoms with Crippen LogP contribution in [0.5, 0.6) is 0 Å². The molecular formula is C7H11NS. The molecule has 0 aromatic heterocycles. The lowest BCUT2D eigenvalue weighted by Gasteiger charge is -2.20. The zero-order valence-electron chi connectivity index (χ0n) is 6.01. The Kier molecular flexibility index (Phi) is 3.26. The Bertz CT molecular complexity index is 143. The van der Waals surface area contributed by atoms with E-state index in [9.17, 15) is 0 Å². The fourth-order valence-corrected chi connectivity index (χ4v) is 0.547. The second-order valence-corrected chi connectivity index (χ2v) is 2.54. The molecule has 0 fully saturated rings. The van der Waals surface area contributed by atoms with E-state index in [-0.39, 0.29) is 0 Å². The zero-order valence-corrected chi connectivity index (χ0v) is 6.83. The molecule has 0 spiro atoms. The minimum atomic E-state index is 0.397. The fourth-order valence-electron chi connectivity index (χ4n) is 0.336. The number of terminal acetylenes is 1. The Morgan fingerprint density at radius 3 is 2.22 bits per heavy atom. The van der Waals surface area contributed by atoms with Crippen molar-refractivity contribution in [3.8, 4) is 12.3 Å². The molecule has 0 unspecified atom stereocenters. The van der Waals surface area contributed by atoms with Gasteiger partial charge < -0.3 is 4.90 Å². The van der Waals surface area contributed by atoms with E-state index in [1.54, 1.807) is 0 Å². The summed E-state index contributed by atoms with van der Waals surface area (Å²) in [5, 5.41) is 0. The van der Waals surface area contributed by atoms with Gasteiger partial charge in [-0.25, -0.2) is 0 Å². The van der Waals surface area contributed by atoms with Gasteiger partial charge >= 0.3 is 0 Å². The number of hydrogen-bond donors (Lipinski definition) is 0. The maximum atomic E-state index is 5.08. The molecule has 2 heteroatoms. The topological polar surface area (TPSA) is 3.24 Å². The van der Waals surface area contributed by atoms with E-state index in [2.05, 4.69) is 5.92 Å². The standard InChI is InChI=1S/C7H11NS/c1-5-7(9)8(4)6(2)3/h1,6H,2-4H3. The Morgan fingerprint density at radius 2 is 2.11 bits per heavy atom. The van der Waals surface area contributed by atoms with Crippen molar-refractivity contribution in [1.82, 2.24) is 4.90 Å².